The maximum Gasteiger partial charge on any atom is 0.291 e. The number of carbonyl (C=O) groups excluding carboxylic acids is 1. The van der Waals surface area contributed by atoms with Gasteiger partial charge in [-0.1, -0.05) is 0 Å². The lowest BCUT2D eigenvalue weighted by Gasteiger charge is -2.35. The van der Waals surface area contributed by atoms with E-state index in [0.29, 0.717) is 31.7 Å². The SMILES string of the molecule is O=C(c1ncn[nH]1)N1CCN(c2ncnc3cc(F)ccc23)CC1. The van der Waals surface area contributed by atoms with Gasteiger partial charge in [-0.15, -0.1) is 0 Å². The van der Waals surface area contributed by atoms with Crippen LogP contribution in [0.15, 0.2) is 30.9 Å². The van der Waals surface area contributed by atoms with Crippen LogP contribution in [0.4, 0.5) is 10.2 Å². The number of hydrogen-bond donors (Lipinski definition) is 1. The van der Waals surface area contributed by atoms with Gasteiger partial charge in [-0.25, -0.2) is 19.3 Å². The first-order chi connectivity index (χ1) is 11.7. The van der Waals surface area contributed by atoms with Gasteiger partial charge in [-0.05, 0) is 12.1 Å². The number of rotatable bonds is 2. The minimum Gasteiger partial charge on any atom is -0.352 e. The van der Waals surface area contributed by atoms with E-state index >= 15 is 0 Å². The van der Waals surface area contributed by atoms with Crippen molar-refractivity contribution in [3.8, 4) is 0 Å². The van der Waals surface area contributed by atoms with Crippen LogP contribution in [0, 0.1) is 5.82 Å². The third-order valence-corrected chi connectivity index (χ3v) is 4.06. The Kier molecular flexibility index (Phi) is 3.52. The lowest BCUT2D eigenvalue weighted by Crippen LogP contribution is -2.49. The van der Waals surface area contributed by atoms with E-state index in [4.69, 9.17) is 0 Å². The molecule has 4 rings (SSSR count). The van der Waals surface area contributed by atoms with E-state index in [1.807, 2.05) is 0 Å². The van der Waals surface area contributed by atoms with Crippen molar-refractivity contribution in [1.82, 2.24) is 30.0 Å². The molecule has 0 bridgehead atoms. The molecular weight excluding hydrogens is 313 g/mol. The Hall–Kier alpha value is -3.10. The van der Waals surface area contributed by atoms with Gasteiger partial charge in [0.2, 0.25) is 5.82 Å². The van der Waals surface area contributed by atoms with E-state index in [0.717, 1.165) is 11.2 Å². The molecule has 122 valence electrons. The molecule has 1 N–H and O–H groups in total. The third-order valence-electron chi connectivity index (χ3n) is 4.06. The van der Waals surface area contributed by atoms with Crippen molar-refractivity contribution in [3.63, 3.8) is 0 Å². The summed E-state index contributed by atoms with van der Waals surface area (Å²) in [5.74, 6) is 0.509. The van der Waals surface area contributed by atoms with Gasteiger partial charge in [0, 0.05) is 37.6 Å². The third kappa shape index (κ3) is 2.53. The molecule has 3 aromatic rings. The van der Waals surface area contributed by atoms with Gasteiger partial charge in [0.05, 0.1) is 5.52 Å². The van der Waals surface area contributed by atoms with Crippen molar-refractivity contribution in [2.75, 3.05) is 31.1 Å². The monoisotopic (exact) mass is 327 g/mol. The summed E-state index contributed by atoms with van der Waals surface area (Å²) in [7, 11) is 0. The van der Waals surface area contributed by atoms with Gasteiger partial charge in [-0.2, -0.15) is 5.10 Å². The normalized spacial score (nSPS) is 15.0. The molecule has 0 radical (unpaired) electrons. The first-order valence-corrected chi connectivity index (χ1v) is 7.52. The van der Waals surface area contributed by atoms with Crippen LogP contribution in [0.5, 0.6) is 0 Å². The summed E-state index contributed by atoms with van der Waals surface area (Å²) in [6.45, 7) is 2.35. The van der Waals surface area contributed by atoms with Crippen LogP contribution in [0.25, 0.3) is 10.9 Å². The fraction of sp³-hybridized carbons (Fsp3) is 0.267. The molecule has 0 saturated carbocycles. The summed E-state index contributed by atoms with van der Waals surface area (Å²) in [5, 5.41) is 7.08. The van der Waals surface area contributed by atoms with E-state index in [1.54, 1.807) is 11.0 Å². The topological polar surface area (TPSA) is 90.9 Å². The van der Waals surface area contributed by atoms with Crippen LogP contribution < -0.4 is 4.90 Å². The summed E-state index contributed by atoms with van der Waals surface area (Å²) < 4.78 is 13.4. The number of carbonyl (C=O) groups is 1. The van der Waals surface area contributed by atoms with Crippen molar-refractivity contribution in [2.24, 2.45) is 0 Å². The number of benzene rings is 1. The molecule has 9 heteroatoms. The number of aromatic nitrogens is 5. The number of aromatic amines is 1. The molecule has 24 heavy (non-hydrogen) atoms. The van der Waals surface area contributed by atoms with Crippen LogP contribution in [0.2, 0.25) is 0 Å². The molecule has 1 aromatic carbocycles. The maximum atomic E-state index is 13.4. The molecule has 1 fully saturated rings. The maximum absolute atomic E-state index is 13.4. The van der Waals surface area contributed by atoms with E-state index in [1.165, 1.54) is 24.8 Å². The predicted molar refractivity (Wildman–Crippen MR) is 84.0 cm³/mol. The van der Waals surface area contributed by atoms with Crippen molar-refractivity contribution >= 4 is 22.6 Å². The first kappa shape index (κ1) is 14.5. The van der Waals surface area contributed by atoms with Crippen LogP contribution in [-0.2, 0) is 0 Å². The van der Waals surface area contributed by atoms with Gasteiger partial charge >= 0.3 is 0 Å². The molecule has 8 nitrogen and oxygen atoms in total. The van der Waals surface area contributed by atoms with Gasteiger partial charge in [0.15, 0.2) is 0 Å². The second-order valence-electron chi connectivity index (χ2n) is 5.47. The highest BCUT2D eigenvalue weighted by atomic mass is 19.1. The smallest absolute Gasteiger partial charge is 0.291 e. The van der Waals surface area contributed by atoms with E-state index in [2.05, 4.69) is 30.0 Å². The molecule has 0 unspecified atom stereocenters. The minimum absolute atomic E-state index is 0.165. The molecule has 0 spiro atoms. The average molecular weight is 327 g/mol. The number of amides is 1. The highest BCUT2D eigenvalue weighted by molar-refractivity contribution is 5.91. The average Bonchev–Trinajstić information content (AvgIpc) is 3.15. The largest absolute Gasteiger partial charge is 0.352 e. The molecule has 3 heterocycles. The van der Waals surface area contributed by atoms with E-state index in [-0.39, 0.29) is 17.5 Å². The summed E-state index contributed by atoms with van der Waals surface area (Å²) >= 11 is 0. The van der Waals surface area contributed by atoms with E-state index < -0.39 is 0 Å². The zero-order valence-corrected chi connectivity index (χ0v) is 12.7. The summed E-state index contributed by atoms with van der Waals surface area (Å²) in [6, 6.07) is 4.48. The number of halogens is 1. The Morgan fingerprint density at radius 2 is 1.92 bits per heavy atom. The lowest BCUT2D eigenvalue weighted by atomic mass is 10.2. The molecule has 0 aliphatic carbocycles. The minimum atomic E-state index is -0.324. The van der Waals surface area contributed by atoms with Gasteiger partial charge in [0.1, 0.15) is 24.3 Å². The fourth-order valence-electron chi connectivity index (χ4n) is 2.85. The molecular formula is C15H14FN7O. The second kappa shape index (κ2) is 5.84. The second-order valence-corrected chi connectivity index (χ2v) is 5.47. The number of hydrogen-bond acceptors (Lipinski definition) is 6. The quantitative estimate of drug-likeness (QED) is 0.750. The summed E-state index contributed by atoms with van der Waals surface area (Å²) in [4.78, 5) is 28.4. The number of nitrogens with zero attached hydrogens (tertiary/aromatic N) is 6. The lowest BCUT2D eigenvalue weighted by molar-refractivity contribution is 0.0735. The van der Waals surface area contributed by atoms with Gasteiger partial charge in [0.25, 0.3) is 5.91 Å². The summed E-state index contributed by atoms with van der Waals surface area (Å²) in [6.07, 6.45) is 2.75. The van der Waals surface area contributed by atoms with Crippen molar-refractivity contribution < 1.29 is 9.18 Å². The highest BCUT2D eigenvalue weighted by Crippen LogP contribution is 2.24. The van der Waals surface area contributed by atoms with Crippen LogP contribution in [0.1, 0.15) is 10.6 Å². The Bertz CT molecular complexity index is 875. The first-order valence-electron chi connectivity index (χ1n) is 7.52. The van der Waals surface area contributed by atoms with Gasteiger partial charge in [-0.3, -0.25) is 9.89 Å². The Labute approximate surface area is 136 Å². The number of H-pyrrole nitrogens is 1. The van der Waals surface area contributed by atoms with Crippen LogP contribution in [-0.4, -0.2) is 62.1 Å². The van der Waals surface area contributed by atoms with Crippen molar-refractivity contribution in [1.29, 1.82) is 0 Å². The molecule has 2 aromatic heterocycles. The summed E-state index contributed by atoms with van der Waals surface area (Å²) in [5.41, 5.74) is 0.570. The predicted octanol–water partition coefficient (Wildman–Crippen LogP) is 0.849. The highest BCUT2D eigenvalue weighted by Gasteiger charge is 2.25. The Balaban J connectivity index is 1.53. The van der Waals surface area contributed by atoms with Crippen LogP contribution >= 0.6 is 0 Å². The standard InChI is InChI=1S/C15H14FN7O/c16-10-1-2-11-12(7-10)17-8-19-14(11)22-3-5-23(6-4-22)15(24)13-18-9-20-21-13/h1-2,7-9H,3-6H2,(H,18,20,21). The number of piperazine rings is 1. The van der Waals surface area contributed by atoms with Crippen molar-refractivity contribution in [3.05, 3.63) is 42.5 Å². The number of nitrogens with one attached hydrogen (secondary N) is 1. The molecule has 1 amide bonds. The van der Waals surface area contributed by atoms with Crippen LogP contribution in [0.3, 0.4) is 0 Å². The zero-order valence-electron chi connectivity index (χ0n) is 12.7. The molecule has 1 aliphatic heterocycles. The number of fused-ring (bicyclic) bond motifs is 1. The molecule has 1 aliphatic rings. The Morgan fingerprint density at radius 1 is 1.08 bits per heavy atom. The van der Waals surface area contributed by atoms with Crippen molar-refractivity contribution in [2.45, 2.75) is 0 Å². The molecule has 1 saturated heterocycles. The van der Waals surface area contributed by atoms with Gasteiger partial charge < -0.3 is 9.80 Å². The number of anilines is 1. The Morgan fingerprint density at radius 3 is 2.67 bits per heavy atom. The van der Waals surface area contributed by atoms with E-state index in [9.17, 15) is 9.18 Å². The fourth-order valence-corrected chi connectivity index (χ4v) is 2.85. The zero-order chi connectivity index (χ0) is 16.5. The molecule has 0 atom stereocenters.